The summed E-state index contributed by atoms with van der Waals surface area (Å²) in [5.41, 5.74) is 4.82. The fraction of sp³-hybridized carbons (Fsp3) is 0.154. The van der Waals surface area contributed by atoms with E-state index < -0.39 is 0 Å². The van der Waals surface area contributed by atoms with E-state index >= 15 is 0 Å². The first-order valence-corrected chi connectivity index (χ1v) is 5.67. The molecular weight excluding hydrogens is 250 g/mol. The van der Waals surface area contributed by atoms with Crippen molar-refractivity contribution in [3.63, 3.8) is 0 Å². The van der Waals surface area contributed by atoms with Crippen LogP contribution in [0.15, 0.2) is 41.0 Å². The highest BCUT2D eigenvalue weighted by molar-refractivity contribution is 9.10. The molecule has 2 heteroatoms. The summed E-state index contributed by atoms with van der Waals surface area (Å²) in [7, 11) is 0. The lowest BCUT2D eigenvalue weighted by Gasteiger charge is -2.07. The number of hydrogen-bond donors (Lipinski definition) is 0. The van der Waals surface area contributed by atoms with Gasteiger partial charge in [0.1, 0.15) is 4.60 Å². The van der Waals surface area contributed by atoms with Gasteiger partial charge in [-0.3, -0.25) is 0 Å². The van der Waals surface area contributed by atoms with Crippen molar-refractivity contribution in [2.45, 2.75) is 13.8 Å². The lowest BCUT2D eigenvalue weighted by molar-refractivity contribution is 1.25. The third kappa shape index (κ3) is 2.10. The molecule has 0 aliphatic heterocycles. The number of nitrogens with zero attached hydrogens (tertiary/aromatic N) is 1. The Labute approximate surface area is 98.3 Å². The summed E-state index contributed by atoms with van der Waals surface area (Å²) in [6, 6.07) is 12.3. The van der Waals surface area contributed by atoms with E-state index in [0.29, 0.717) is 0 Å². The number of aromatic nitrogens is 1. The van der Waals surface area contributed by atoms with Crippen molar-refractivity contribution < 1.29 is 0 Å². The van der Waals surface area contributed by atoms with Crippen molar-refractivity contribution >= 4 is 15.9 Å². The van der Waals surface area contributed by atoms with Crippen LogP contribution in [0.25, 0.3) is 11.3 Å². The summed E-state index contributed by atoms with van der Waals surface area (Å²) in [5, 5.41) is 0. The molecule has 0 aliphatic rings. The number of hydrogen-bond acceptors (Lipinski definition) is 1. The number of aryl methyl sites for hydroxylation is 1. The molecule has 0 bridgehead atoms. The SMILES string of the molecule is Cc1cccc(-c2cccc(Br)n2)c1C. The quantitative estimate of drug-likeness (QED) is 0.704. The summed E-state index contributed by atoms with van der Waals surface area (Å²) in [4.78, 5) is 4.46. The molecule has 0 atom stereocenters. The maximum Gasteiger partial charge on any atom is 0.106 e. The molecule has 1 aromatic carbocycles. The van der Waals surface area contributed by atoms with Gasteiger partial charge in [-0.1, -0.05) is 24.3 Å². The molecule has 76 valence electrons. The van der Waals surface area contributed by atoms with Crippen LogP contribution in [-0.2, 0) is 0 Å². The van der Waals surface area contributed by atoms with Gasteiger partial charge in [-0.25, -0.2) is 4.98 Å². The monoisotopic (exact) mass is 261 g/mol. The average Bonchev–Trinajstić information content (AvgIpc) is 2.22. The van der Waals surface area contributed by atoms with E-state index in [1.54, 1.807) is 0 Å². The third-order valence-electron chi connectivity index (χ3n) is 2.60. The summed E-state index contributed by atoms with van der Waals surface area (Å²) in [5.74, 6) is 0. The lowest BCUT2D eigenvalue weighted by Crippen LogP contribution is -1.89. The van der Waals surface area contributed by atoms with Crippen LogP contribution in [-0.4, -0.2) is 4.98 Å². The summed E-state index contributed by atoms with van der Waals surface area (Å²) >= 11 is 3.39. The zero-order valence-corrected chi connectivity index (χ0v) is 10.4. The van der Waals surface area contributed by atoms with Gasteiger partial charge in [-0.05, 0) is 53.0 Å². The minimum absolute atomic E-state index is 0.876. The first-order valence-electron chi connectivity index (χ1n) is 4.87. The molecule has 0 amide bonds. The maximum atomic E-state index is 4.46. The highest BCUT2D eigenvalue weighted by Crippen LogP contribution is 2.24. The Balaban J connectivity index is 2.59. The Hall–Kier alpha value is -1.15. The Morgan fingerprint density at radius 2 is 1.73 bits per heavy atom. The van der Waals surface area contributed by atoms with E-state index in [1.165, 1.54) is 16.7 Å². The minimum Gasteiger partial charge on any atom is -0.241 e. The minimum atomic E-state index is 0.876. The van der Waals surface area contributed by atoms with Gasteiger partial charge in [0.15, 0.2) is 0 Å². The number of pyridine rings is 1. The predicted molar refractivity (Wildman–Crippen MR) is 66.8 cm³/mol. The molecule has 0 saturated heterocycles. The van der Waals surface area contributed by atoms with Crippen LogP contribution in [0.3, 0.4) is 0 Å². The topological polar surface area (TPSA) is 12.9 Å². The second kappa shape index (κ2) is 4.15. The van der Waals surface area contributed by atoms with Crippen LogP contribution in [0.5, 0.6) is 0 Å². The van der Waals surface area contributed by atoms with E-state index in [2.05, 4.69) is 53.0 Å². The van der Waals surface area contributed by atoms with E-state index in [0.717, 1.165) is 10.3 Å². The Morgan fingerprint density at radius 3 is 2.47 bits per heavy atom. The average molecular weight is 262 g/mol. The summed E-state index contributed by atoms with van der Waals surface area (Å²) in [6.45, 7) is 4.25. The molecule has 0 radical (unpaired) electrons. The van der Waals surface area contributed by atoms with Crippen molar-refractivity contribution in [3.8, 4) is 11.3 Å². The largest absolute Gasteiger partial charge is 0.241 e. The molecule has 0 aliphatic carbocycles. The van der Waals surface area contributed by atoms with E-state index in [4.69, 9.17) is 0 Å². The highest BCUT2D eigenvalue weighted by atomic mass is 79.9. The van der Waals surface area contributed by atoms with Crippen LogP contribution >= 0.6 is 15.9 Å². The van der Waals surface area contributed by atoms with E-state index in [1.807, 2.05) is 18.2 Å². The molecule has 0 spiro atoms. The van der Waals surface area contributed by atoms with Crippen molar-refractivity contribution in [2.24, 2.45) is 0 Å². The molecule has 1 aromatic heterocycles. The van der Waals surface area contributed by atoms with Gasteiger partial charge in [0, 0.05) is 5.56 Å². The second-order valence-electron chi connectivity index (χ2n) is 3.59. The van der Waals surface area contributed by atoms with Gasteiger partial charge in [0.05, 0.1) is 5.69 Å². The first kappa shape index (κ1) is 10.4. The van der Waals surface area contributed by atoms with Crippen LogP contribution in [0.4, 0.5) is 0 Å². The zero-order chi connectivity index (χ0) is 10.8. The molecule has 2 aromatic rings. The molecule has 0 unspecified atom stereocenters. The van der Waals surface area contributed by atoms with Gasteiger partial charge in [-0.15, -0.1) is 0 Å². The van der Waals surface area contributed by atoms with Gasteiger partial charge in [-0.2, -0.15) is 0 Å². The standard InChI is InChI=1S/C13H12BrN/c1-9-5-3-6-11(10(9)2)12-7-4-8-13(14)15-12/h3-8H,1-2H3. The molecule has 0 N–H and O–H groups in total. The van der Waals surface area contributed by atoms with Crippen molar-refractivity contribution in [1.29, 1.82) is 0 Å². The van der Waals surface area contributed by atoms with Gasteiger partial charge < -0.3 is 0 Å². The van der Waals surface area contributed by atoms with Gasteiger partial charge in [0.2, 0.25) is 0 Å². The lowest BCUT2D eigenvalue weighted by atomic mass is 10.0. The van der Waals surface area contributed by atoms with Crippen molar-refractivity contribution in [3.05, 3.63) is 52.1 Å². The van der Waals surface area contributed by atoms with Gasteiger partial charge >= 0.3 is 0 Å². The Kier molecular flexibility index (Phi) is 2.87. The molecule has 1 heterocycles. The number of benzene rings is 1. The van der Waals surface area contributed by atoms with Crippen LogP contribution in [0, 0.1) is 13.8 Å². The van der Waals surface area contributed by atoms with E-state index in [9.17, 15) is 0 Å². The Bertz CT molecular complexity index is 492. The summed E-state index contributed by atoms with van der Waals surface area (Å²) in [6.07, 6.45) is 0. The van der Waals surface area contributed by atoms with Crippen LogP contribution in [0.2, 0.25) is 0 Å². The van der Waals surface area contributed by atoms with Gasteiger partial charge in [0.25, 0.3) is 0 Å². The second-order valence-corrected chi connectivity index (χ2v) is 4.41. The molecule has 0 fully saturated rings. The fourth-order valence-corrected chi connectivity index (χ4v) is 1.93. The highest BCUT2D eigenvalue weighted by Gasteiger charge is 2.04. The van der Waals surface area contributed by atoms with Crippen LogP contribution in [0.1, 0.15) is 11.1 Å². The van der Waals surface area contributed by atoms with Crippen molar-refractivity contribution in [2.75, 3.05) is 0 Å². The third-order valence-corrected chi connectivity index (χ3v) is 3.04. The summed E-state index contributed by atoms with van der Waals surface area (Å²) < 4.78 is 0.876. The zero-order valence-electron chi connectivity index (χ0n) is 8.79. The molecule has 0 saturated carbocycles. The molecular formula is C13H12BrN. The predicted octanol–water partition coefficient (Wildman–Crippen LogP) is 4.13. The van der Waals surface area contributed by atoms with E-state index in [-0.39, 0.29) is 0 Å². The molecule has 1 nitrogen and oxygen atoms in total. The number of halogens is 1. The Morgan fingerprint density at radius 1 is 1.00 bits per heavy atom. The normalized spacial score (nSPS) is 10.3. The first-order chi connectivity index (χ1) is 7.18. The van der Waals surface area contributed by atoms with Crippen LogP contribution < -0.4 is 0 Å². The molecule has 15 heavy (non-hydrogen) atoms. The fourth-order valence-electron chi connectivity index (χ4n) is 1.59. The van der Waals surface area contributed by atoms with Crippen molar-refractivity contribution in [1.82, 2.24) is 4.98 Å². The molecule has 2 rings (SSSR count). The maximum absolute atomic E-state index is 4.46. The smallest absolute Gasteiger partial charge is 0.106 e. The number of rotatable bonds is 1.